The largest absolute Gasteiger partial charge is 0.430 e. The zero-order valence-electron chi connectivity index (χ0n) is 11.0. The van der Waals surface area contributed by atoms with Crippen LogP contribution in [0, 0.1) is 20.8 Å². The van der Waals surface area contributed by atoms with Crippen molar-refractivity contribution in [2.75, 3.05) is 0 Å². The number of para-hydroxylation sites is 1. The van der Waals surface area contributed by atoms with Crippen molar-refractivity contribution < 1.29 is 4.42 Å². The van der Waals surface area contributed by atoms with Crippen molar-refractivity contribution in [3.63, 3.8) is 0 Å². The number of benzene rings is 1. The van der Waals surface area contributed by atoms with Crippen LogP contribution in [-0.4, -0.2) is 4.57 Å². The summed E-state index contributed by atoms with van der Waals surface area (Å²) in [6.07, 6.45) is 0. The summed E-state index contributed by atoms with van der Waals surface area (Å²) >= 11 is 0. The number of aromatic nitrogens is 1. The van der Waals surface area contributed by atoms with Gasteiger partial charge < -0.3 is 4.42 Å². The van der Waals surface area contributed by atoms with Crippen LogP contribution in [0.4, 0.5) is 5.69 Å². The first-order chi connectivity index (χ1) is 8.49. The maximum absolute atomic E-state index is 11.7. The van der Waals surface area contributed by atoms with Crippen LogP contribution < -0.4 is 11.2 Å². The molecule has 18 heavy (non-hydrogen) atoms. The molecule has 0 aliphatic heterocycles. The second kappa shape index (κ2) is 4.64. The molecule has 0 bridgehead atoms. The first-order valence-electron chi connectivity index (χ1n) is 5.78. The van der Waals surface area contributed by atoms with Crippen LogP contribution >= 0.6 is 0 Å². The smallest absolute Gasteiger partial charge is 0.304 e. The van der Waals surface area contributed by atoms with Crippen LogP contribution in [0.15, 0.2) is 38.5 Å². The Bertz CT molecular complexity index is 688. The number of rotatable bonds is 1. The van der Waals surface area contributed by atoms with Crippen molar-refractivity contribution in [2.45, 2.75) is 20.8 Å². The van der Waals surface area contributed by atoms with Crippen LogP contribution in [-0.2, 0) is 7.05 Å². The van der Waals surface area contributed by atoms with Gasteiger partial charge in [-0.15, -0.1) is 0 Å². The highest BCUT2D eigenvalue weighted by atomic mass is 16.3. The molecule has 0 fully saturated rings. The first-order valence-corrected chi connectivity index (χ1v) is 5.78. The van der Waals surface area contributed by atoms with E-state index in [4.69, 9.17) is 4.42 Å². The van der Waals surface area contributed by atoms with Crippen LogP contribution in [0.5, 0.6) is 0 Å². The minimum atomic E-state index is -0.122. The van der Waals surface area contributed by atoms with E-state index in [1.165, 1.54) is 10.6 Å². The molecule has 0 N–H and O–H groups in total. The summed E-state index contributed by atoms with van der Waals surface area (Å²) in [6.45, 7) is 5.71. The monoisotopic (exact) mass is 244 g/mol. The second-order valence-corrected chi connectivity index (χ2v) is 4.39. The Morgan fingerprint density at radius 1 is 1.17 bits per heavy atom. The molecular formula is C14H16N2O2. The fourth-order valence-electron chi connectivity index (χ4n) is 1.78. The molecule has 0 unspecified atom stereocenters. The molecule has 4 nitrogen and oxygen atoms in total. The summed E-state index contributed by atoms with van der Waals surface area (Å²) in [4.78, 5) is 16.1. The van der Waals surface area contributed by atoms with Gasteiger partial charge in [-0.1, -0.05) is 18.2 Å². The van der Waals surface area contributed by atoms with E-state index in [0.717, 1.165) is 16.8 Å². The maximum atomic E-state index is 11.7. The summed E-state index contributed by atoms with van der Waals surface area (Å²) in [5.41, 5.74) is 3.15. The zero-order chi connectivity index (χ0) is 13.3. The molecule has 0 spiro atoms. The van der Waals surface area contributed by atoms with Gasteiger partial charge in [0.25, 0.3) is 5.56 Å². The van der Waals surface area contributed by atoms with Crippen LogP contribution in [0.3, 0.4) is 0 Å². The molecule has 1 aromatic heterocycles. The van der Waals surface area contributed by atoms with Gasteiger partial charge in [0, 0.05) is 13.1 Å². The van der Waals surface area contributed by atoms with E-state index in [0.29, 0.717) is 11.4 Å². The fraction of sp³-hybridized carbons (Fsp3) is 0.286. The number of hydrogen-bond acceptors (Lipinski definition) is 3. The predicted molar refractivity (Wildman–Crippen MR) is 69.8 cm³/mol. The van der Waals surface area contributed by atoms with Crippen molar-refractivity contribution in [2.24, 2.45) is 12.0 Å². The van der Waals surface area contributed by atoms with Crippen LogP contribution in [0.1, 0.15) is 16.9 Å². The number of hydrogen-bond donors (Lipinski definition) is 0. The Kier molecular flexibility index (Phi) is 3.19. The standard InChI is InChI=1S/C14H16N2O2/c1-9-6-5-7-10(2)13(9)15-14-16(4)12(17)8-11(3)18-14/h5-8H,1-4H3. The van der Waals surface area contributed by atoms with E-state index in [1.807, 2.05) is 32.0 Å². The van der Waals surface area contributed by atoms with Gasteiger partial charge in [-0.2, -0.15) is 4.99 Å². The van der Waals surface area contributed by atoms with E-state index in [-0.39, 0.29) is 5.56 Å². The molecular weight excluding hydrogens is 228 g/mol. The molecule has 0 saturated carbocycles. The van der Waals surface area contributed by atoms with Crippen LogP contribution in [0.25, 0.3) is 0 Å². The lowest BCUT2D eigenvalue weighted by Crippen LogP contribution is -2.30. The third kappa shape index (κ3) is 2.27. The highest BCUT2D eigenvalue weighted by molar-refractivity contribution is 5.51. The Morgan fingerprint density at radius 3 is 2.39 bits per heavy atom. The van der Waals surface area contributed by atoms with E-state index in [9.17, 15) is 4.79 Å². The molecule has 2 aromatic rings. The normalized spacial score (nSPS) is 11.9. The molecule has 94 valence electrons. The minimum Gasteiger partial charge on any atom is -0.430 e. The molecule has 1 aromatic carbocycles. The molecule has 4 heteroatoms. The molecule has 0 radical (unpaired) electrons. The van der Waals surface area contributed by atoms with Gasteiger partial charge in [0.15, 0.2) is 0 Å². The fourth-order valence-corrected chi connectivity index (χ4v) is 1.78. The average Bonchev–Trinajstić information content (AvgIpc) is 2.30. The summed E-state index contributed by atoms with van der Waals surface area (Å²) in [5, 5.41) is 0. The Morgan fingerprint density at radius 2 is 1.78 bits per heavy atom. The maximum Gasteiger partial charge on any atom is 0.304 e. The third-order valence-electron chi connectivity index (χ3n) is 2.84. The second-order valence-electron chi connectivity index (χ2n) is 4.39. The highest BCUT2D eigenvalue weighted by Gasteiger charge is 2.03. The molecule has 0 saturated heterocycles. The summed E-state index contributed by atoms with van der Waals surface area (Å²) in [7, 11) is 1.65. The Labute approximate surface area is 105 Å². The van der Waals surface area contributed by atoms with Gasteiger partial charge in [0.1, 0.15) is 5.76 Å². The first kappa shape index (κ1) is 12.4. The van der Waals surface area contributed by atoms with Crippen molar-refractivity contribution in [3.8, 4) is 0 Å². The average molecular weight is 244 g/mol. The molecule has 0 amide bonds. The Balaban J connectivity index is 2.76. The molecule has 1 heterocycles. The highest BCUT2D eigenvalue weighted by Crippen LogP contribution is 2.21. The van der Waals surface area contributed by atoms with E-state index in [2.05, 4.69) is 4.99 Å². The van der Waals surface area contributed by atoms with Gasteiger partial charge in [0.2, 0.25) is 0 Å². The van der Waals surface area contributed by atoms with Gasteiger partial charge >= 0.3 is 5.68 Å². The number of aryl methyl sites for hydroxylation is 3. The zero-order valence-corrected chi connectivity index (χ0v) is 11.0. The van der Waals surface area contributed by atoms with E-state index in [1.54, 1.807) is 14.0 Å². The molecule has 0 aliphatic carbocycles. The lowest BCUT2D eigenvalue weighted by atomic mass is 10.1. The molecule has 0 atom stereocenters. The summed E-state index contributed by atoms with van der Waals surface area (Å²) in [6, 6.07) is 7.40. The quantitative estimate of drug-likeness (QED) is 0.771. The third-order valence-corrected chi connectivity index (χ3v) is 2.84. The van der Waals surface area contributed by atoms with Crippen molar-refractivity contribution >= 4 is 5.69 Å². The van der Waals surface area contributed by atoms with E-state index >= 15 is 0 Å². The molecule has 2 rings (SSSR count). The minimum absolute atomic E-state index is 0.122. The SMILES string of the molecule is Cc1cc(=O)n(C)c(=Nc2c(C)cccc2C)o1. The van der Waals surface area contributed by atoms with Gasteiger partial charge in [-0.3, -0.25) is 9.36 Å². The summed E-state index contributed by atoms with van der Waals surface area (Å²) < 4.78 is 6.90. The van der Waals surface area contributed by atoms with Gasteiger partial charge in [0.05, 0.1) is 5.69 Å². The van der Waals surface area contributed by atoms with E-state index < -0.39 is 0 Å². The lowest BCUT2D eigenvalue weighted by Gasteiger charge is -2.04. The Hall–Kier alpha value is -2.10. The van der Waals surface area contributed by atoms with Crippen molar-refractivity contribution in [1.29, 1.82) is 0 Å². The lowest BCUT2D eigenvalue weighted by molar-refractivity contribution is 0.404. The van der Waals surface area contributed by atoms with Crippen LogP contribution in [0.2, 0.25) is 0 Å². The van der Waals surface area contributed by atoms with Gasteiger partial charge in [-0.05, 0) is 31.9 Å². The van der Waals surface area contributed by atoms with Crippen molar-refractivity contribution in [3.05, 3.63) is 57.2 Å². The predicted octanol–water partition coefficient (Wildman–Crippen LogP) is 2.14. The number of nitrogens with zero attached hydrogens (tertiary/aromatic N) is 2. The van der Waals surface area contributed by atoms with Gasteiger partial charge in [-0.25, -0.2) is 0 Å². The summed E-state index contributed by atoms with van der Waals surface area (Å²) in [5.74, 6) is 0.558. The topological polar surface area (TPSA) is 47.5 Å². The van der Waals surface area contributed by atoms with Crippen molar-refractivity contribution in [1.82, 2.24) is 4.57 Å². The molecule has 0 aliphatic rings.